The molecule has 0 spiro atoms. The maximum atomic E-state index is 12.9. The molecule has 0 N–H and O–H groups in total. The van der Waals surface area contributed by atoms with Crippen LogP contribution in [0.5, 0.6) is 0 Å². The lowest BCUT2D eigenvalue weighted by molar-refractivity contribution is 0.0515. The van der Waals surface area contributed by atoms with Crippen molar-refractivity contribution in [2.24, 2.45) is 0 Å². The third kappa shape index (κ3) is 7.92. The maximum Gasteiger partial charge on any atom is 0.342 e. The Morgan fingerprint density at radius 2 is 1.25 bits per heavy atom. The van der Waals surface area contributed by atoms with Gasteiger partial charge in [0.1, 0.15) is 26.4 Å². The summed E-state index contributed by atoms with van der Waals surface area (Å²) < 4.78 is 41.5. The van der Waals surface area contributed by atoms with Gasteiger partial charge in [0.15, 0.2) is 0 Å². The van der Waals surface area contributed by atoms with Crippen LogP contribution in [0.1, 0.15) is 51.4 Å². The van der Waals surface area contributed by atoms with E-state index in [-0.39, 0.29) is 17.6 Å². The van der Waals surface area contributed by atoms with Crippen LogP contribution < -0.4 is 0 Å². The minimum absolute atomic E-state index is 0.250. The number of hydrogen-bond acceptors (Lipinski definition) is 4. The summed E-state index contributed by atoms with van der Waals surface area (Å²) in [4.78, 5) is 23.7. The van der Waals surface area contributed by atoms with Gasteiger partial charge in [-0.3, -0.25) is 0 Å². The molecule has 2 aromatic heterocycles. The minimum Gasteiger partial charge on any atom is -0.462 e. The lowest BCUT2D eigenvalue weighted by Gasteiger charge is -2.08. The van der Waals surface area contributed by atoms with Crippen LogP contribution in [0.15, 0.2) is 74.5 Å². The van der Waals surface area contributed by atoms with E-state index in [0.29, 0.717) is 51.1 Å². The topological polar surface area (TPSA) is 62.5 Å². The Labute approximate surface area is 256 Å². The van der Waals surface area contributed by atoms with Crippen LogP contribution in [0.2, 0.25) is 0 Å². The summed E-state index contributed by atoms with van der Waals surface area (Å²) >= 11 is 10.3. The van der Waals surface area contributed by atoms with E-state index in [1.165, 1.54) is 24.3 Å². The summed E-state index contributed by atoms with van der Waals surface area (Å²) in [6.45, 7) is 7.16. The van der Waals surface area contributed by atoms with Gasteiger partial charge >= 0.3 is 11.9 Å². The molecule has 0 aliphatic rings. The maximum absolute atomic E-state index is 12.9. The second-order valence-corrected chi connectivity index (χ2v) is 10.8. The van der Waals surface area contributed by atoms with Gasteiger partial charge in [-0.15, -0.1) is 0 Å². The van der Waals surface area contributed by atoms with Crippen LogP contribution in [0.3, 0.4) is 0 Å². The van der Waals surface area contributed by atoms with Gasteiger partial charge in [-0.25, -0.2) is 18.4 Å². The average molecular weight is 745 g/mol. The van der Waals surface area contributed by atoms with Crippen LogP contribution >= 0.6 is 47.8 Å². The third-order valence-corrected chi connectivity index (χ3v) is 8.77. The molecule has 0 aliphatic heterocycles. The van der Waals surface area contributed by atoms with Gasteiger partial charge in [0, 0.05) is 25.0 Å². The molecule has 2 heterocycles. The number of nitrogens with zero attached hydrogens (tertiary/aromatic N) is 2. The SMILES string of the molecule is CCOC(=O)c1c(Br)c(Br)n(Cc2ccc(F)cc2)c1Br.CCOC(=O)c1ccn(Cc2ccc(F)cc2)c1C. The van der Waals surface area contributed by atoms with Crippen LogP contribution in [-0.4, -0.2) is 34.3 Å². The average Bonchev–Trinajstić information content (AvgIpc) is 3.38. The molecule has 0 amide bonds. The smallest absolute Gasteiger partial charge is 0.342 e. The molecule has 0 bridgehead atoms. The van der Waals surface area contributed by atoms with Crippen molar-refractivity contribution in [1.82, 2.24) is 9.13 Å². The summed E-state index contributed by atoms with van der Waals surface area (Å²) in [5, 5.41) is 0. The van der Waals surface area contributed by atoms with Crippen molar-refractivity contribution in [2.75, 3.05) is 13.2 Å². The van der Waals surface area contributed by atoms with E-state index in [0.717, 1.165) is 16.8 Å². The van der Waals surface area contributed by atoms with Gasteiger partial charge in [-0.1, -0.05) is 24.3 Å². The predicted molar refractivity (Wildman–Crippen MR) is 160 cm³/mol. The predicted octanol–water partition coefficient (Wildman–Crippen LogP) is 8.30. The molecule has 11 heteroatoms. The number of benzene rings is 2. The van der Waals surface area contributed by atoms with E-state index >= 15 is 0 Å². The van der Waals surface area contributed by atoms with Gasteiger partial charge in [0.05, 0.1) is 23.2 Å². The van der Waals surface area contributed by atoms with Crippen molar-refractivity contribution in [3.63, 3.8) is 0 Å². The second kappa shape index (κ2) is 14.7. The summed E-state index contributed by atoms with van der Waals surface area (Å²) in [5.41, 5.74) is 3.74. The molecule has 0 radical (unpaired) electrons. The quantitative estimate of drug-likeness (QED) is 0.171. The Morgan fingerprint density at radius 3 is 1.77 bits per heavy atom. The zero-order chi connectivity index (χ0) is 29.4. The van der Waals surface area contributed by atoms with Gasteiger partial charge in [-0.2, -0.15) is 0 Å². The fraction of sp³-hybridized carbons (Fsp3) is 0.241. The molecule has 0 fully saturated rings. The molecule has 4 rings (SSSR count). The van der Waals surface area contributed by atoms with E-state index < -0.39 is 5.97 Å². The van der Waals surface area contributed by atoms with E-state index in [1.54, 1.807) is 44.2 Å². The summed E-state index contributed by atoms with van der Waals surface area (Å²) in [5.74, 6) is -1.24. The Bertz CT molecular complexity index is 1470. The summed E-state index contributed by atoms with van der Waals surface area (Å²) in [6.07, 6.45) is 1.84. The fourth-order valence-corrected chi connectivity index (χ4v) is 5.99. The van der Waals surface area contributed by atoms with Gasteiger partial charge in [0.2, 0.25) is 0 Å². The fourth-order valence-electron chi connectivity index (χ4n) is 3.76. The first-order valence-electron chi connectivity index (χ1n) is 12.3. The zero-order valence-corrected chi connectivity index (χ0v) is 26.8. The molecular formula is C29H27Br3F2N2O4. The van der Waals surface area contributed by atoms with Crippen molar-refractivity contribution >= 4 is 59.7 Å². The van der Waals surface area contributed by atoms with Crippen molar-refractivity contribution in [3.8, 4) is 0 Å². The number of carbonyl (C=O) groups is 2. The van der Waals surface area contributed by atoms with Crippen LogP contribution in [0, 0.1) is 18.6 Å². The van der Waals surface area contributed by atoms with Gasteiger partial charge in [-0.05, 0) is 110 Å². The molecule has 0 saturated heterocycles. The molecule has 6 nitrogen and oxygen atoms in total. The number of hydrogen-bond donors (Lipinski definition) is 0. The van der Waals surface area contributed by atoms with E-state index in [1.807, 2.05) is 22.3 Å². The molecule has 2 aromatic carbocycles. The number of carbonyl (C=O) groups excluding carboxylic acids is 2. The number of halogens is 5. The molecule has 0 atom stereocenters. The van der Waals surface area contributed by atoms with E-state index in [4.69, 9.17) is 9.47 Å². The molecule has 0 aliphatic carbocycles. The number of ether oxygens (including phenoxy) is 2. The standard InChI is InChI=1S/C15H16FNO2.C14H11Br3FNO2/c1-3-19-15(18)14-8-9-17(11(14)2)10-12-4-6-13(16)7-5-12;1-2-21-14(20)10-11(15)13(17)19(12(10)16)7-8-3-5-9(18)6-4-8/h4-9H,3,10H2,1-2H3;3-6H,2,7H2,1H3. The molecule has 212 valence electrons. The van der Waals surface area contributed by atoms with Crippen molar-refractivity contribution in [3.05, 3.63) is 114 Å². The van der Waals surface area contributed by atoms with Gasteiger partial charge in [0.25, 0.3) is 0 Å². The highest BCUT2D eigenvalue weighted by atomic mass is 79.9. The summed E-state index contributed by atoms with van der Waals surface area (Å²) in [6, 6.07) is 14.3. The first-order valence-corrected chi connectivity index (χ1v) is 14.7. The van der Waals surface area contributed by atoms with E-state index in [2.05, 4.69) is 47.8 Å². The highest BCUT2D eigenvalue weighted by Gasteiger charge is 2.24. The molecule has 0 unspecified atom stereocenters. The van der Waals surface area contributed by atoms with Crippen molar-refractivity contribution in [1.29, 1.82) is 0 Å². The van der Waals surface area contributed by atoms with Crippen molar-refractivity contribution in [2.45, 2.75) is 33.9 Å². The molecule has 4 aromatic rings. The number of aromatic nitrogens is 2. The first-order chi connectivity index (χ1) is 19.1. The molecule has 40 heavy (non-hydrogen) atoms. The lowest BCUT2D eigenvalue weighted by Crippen LogP contribution is -2.07. The Morgan fingerprint density at radius 1 is 0.750 bits per heavy atom. The first kappa shape index (κ1) is 31.8. The largest absolute Gasteiger partial charge is 0.462 e. The second-order valence-electron chi connectivity index (χ2n) is 8.49. The highest BCUT2D eigenvalue weighted by molar-refractivity contribution is 9.13. The zero-order valence-electron chi connectivity index (χ0n) is 22.0. The highest BCUT2D eigenvalue weighted by Crippen LogP contribution is 2.37. The van der Waals surface area contributed by atoms with Crippen LogP contribution in [0.25, 0.3) is 0 Å². The monoisotopic (exact) mass is 742 g/mol. The summed E-state index contributed by atoms with van der Waals surface area (Å²) in [7, 11) is 0. The van der Waals surface area contributed by atoms with Crippen LogP contribution in [-0.2, 0) is 22.6 Å². The lowest BCUT2D eigenvalue weighted by atomic mass is 10.2. The van der Waals surface area contributed by atoms with Crippen molar-refractivity contribution < 1.29 is 27.8 Å². The van der Waals surface area contributed by atoms with E-state index in [9.17, 15) is 18.4 Å². The third-order valence-electron chi connectivity index (χ3n) is 5.82. The Balaban J connectivity index is 0.000000222. The Hall–Kier alpha value is -2.76. The van der Waals surface area contributed by atoms with Crippen LogP contribution in [0.4, 0.5) is 8.78 Å². The number of esters is 2. The Kier molecular flexibility index (Phi) is 11.7. The molecule has 0 saturated carbocycles. The molecular weight excluding hydrogens is 718 g/mol. The minimum atomic E-state index is -0.408. The normalized spacial score (nSPS) is 10.6. The number of rotatable bonds is 8. The van der Waals surface area contributed by atoms with Gasteiger partial charge < -0.3 is 18.6 Å².